The van der Waals surface area contributed by atoms with Gasteiger partial charge >= 0.3 is 12.1 Å². The smallest absolute Gasteiger partial charge is 0.407 e. The highest BCUT2D eigenvalue weighted by Crippen LogP contribution is 2.44. The Morgan fingerprint density at radius 1 is 0.875 bits per heavy atom. The molecule has 0 fully saturated rings. The van der Waals surface area contributed by atoms with Crippen LogP contribution in [0.15, 0.2) is 84.0 Å². The average molecular weight is 428 g/mol. The molecule has 1 aliphatic carbocycles. The van der Waals surface area contributed by atoms with Crippen LogP contribution in [0.25, 0.3) is 11.1 Å². The first-order valence-corrected chi connectivity index (χ1v) is 10.6. The molecule has 6 heteroatoms. The first kappa shape index (κ1) is 21.3. The molecular weight excluding hydrogens is 404 g/mol. The van der Waals surface area contributed by atoms with E-state index in [1.807, 2.05) is 61.5 Å². The van der Waals surface area contributed by atoms with E-state index in [4.69, 9.17) is 9.57 Å². The van der Waals surface area contributed by atoms with Gasteiger partial charge in [-0.25, -0.2) is 9.59 Å². The Balaban J connectivity index is 1.29. The molecule has 0 saturated heterocycles. The Labute approximate surface area is 186 Å². The van der Waals surface area contributed by atoms with Crippen LogP contribution in [0.4, 0.5) is 4.79 Å². The van der Waals surface area contributed by atoms with E-state index >= 15 is 0 Å². The van der Waals surface area contributed by atoms with Crippen LogP contribution >= 0.6 is 0 Å². The SMILES string of the molecule is CC/C(=N\OC(=O)CNC(=O)OCC1c2ccccc2-c2ccccc21)c1ccccc1. The Morgan fingerprint density at radius 2 is 1.47 bits per heavy atom. The number of carbonyl (C=O) groups excluding carboxylic acids is 2. The molecule has 0 radical (unpaired) electrons. The molecule has 3 aromatic carbocycles. The number of carbonyl (C=O) groups is 2. The second-order valence-electron chi connectivity index (χ2n) is 7.40. The third-order valence-corrected chi connectivity index (χ3v) is 5.42. The van der Waals surface area contributed by atoms with E-state index in [2.05, 4.69) is 34.7 Å². The molecule has 162 valence electrons. The lowest BCUT2D eigenvalue weighted by Gasteiger charge is -2.14. The topological polar surface area (TPSA) is 77.0 Å². The highest BCUT2D eigenvalue weighted by atomic mass is 16.7. The molecule has 6 nitrogen and oxygen atoms in total. The van der Waals surface area contributed by atoms with Crippen molar-refractivity contribution in [1.29, 1.82) is 0 Å². The number of benzene rings is 3. The van der Waals surface area contributed by atoms with E-state index in [1.54, 1.807) is 0 Å². The van der Waals surface area contributed by atoms with Crippen LogP contribution in [-0.4, -0.2) is 30.9 Å². The standard InChI is InChI=1S/C26H24N2O4/c1-2-24(18-10-4-3-5-11-18)28-32-25(29)16-27-26(30)31-17-23-21-14-8-6-12-19(21)20-13-7-9-15-22(20)23/h3-15,23H,2,16-17H2,1H3,(H,27,30)/b28-24+. The van der Waals surface area contributed by atoms with Gasteiger partial charge in [-0.05, 0) is 34.2 Å². The first-order chi connectivity index (χ1) is 15.7. The number of oxime groups is 1. The summed E-state index contributed by atoms with van der Waals surface area (Å²) >= 11 is 0. The van der Waals surface area contributed by atoms with E-state index in [-0.39, 0.29) is 19.1 Å². The zero-order valence-electron chi connectivity index (χ0n) is 17.8. The van der Waals surface area contributed by atoms with E-state index in [9.17, 15) is 9.59 Å². The molecule has 1 N–H and O–H groups in total. The fourth-order valence-electron chi connectivity index (χ4n) is 3.88. The molecule has 0 bridgehead atoms. The van der Waals surface area contributed by atoms with Gasteiger partial charge in [0.1, 0.15) is 13.2 Å². The van der Waals surface area contributed by atoms with Crippen LogP contribution in [0.3, 0.4) is 0 Å². The monoisotopic (exact) mass is 428 g/mol. The van der Waals surface area contributed by atoms with Crippen molar-refractivity contribution in [1.82, 2.24) is 5.32 Å². The highest BCUT2D eigenvalue weighted by Gasteiger charge is 2.29. The molecule has 3 aromatic rings. The number of hydrogen-bond acceptors (Lipinski definition) is 5. The fraction of sp³-hybridized carbons (Fsp3) is 0.192. The summed E-state index contributed by atoms with van der Waals surface area (Å²) in [6, 6.07) is 25.7. The van der Waals surface area contributed by atoms with Gasteiger partial charge < -0.3 is 14.9 Å². The van der Waals surface area contributed by atoms with Gasteiger partial charge in [-0.2, -0.15) is 0 Å². The zero-order valence-corrected chi connectivity index (χ0v) is 17.8. The van der Waals surface area contributed by atoms with E-state index in [0.29, 0.717) is 12.1 Å². The minimum Gasteiger partial charge on any atom is -0.449 e. The predicted octanol–water partition coefficient (Wildman–Crippen LogP) is 4.88. The van der Waals surface area contributed by atoms with Crippen molar-refractivity contribution in [2.75, 3.05) is 13.2 Å². The summed E-state index contributed by atoms with van der Waals surface area (Å²) < 4.78 is 5.41. The summed E-state index contributed by atoms with van der Waals surface area (Å²) in [5, 5.41) is 6.36. The third-order valence-electron chi connectivity index (χ3n) is 5.42. The molecule has 0 aromatic heterocycles. The lowest BCUT2D eigenvalue weighted by atomic mass is 9.98. The molecule has 0 unspecified atom stereocenters. The van der Waals surface area contributed by atoms with Gasteiger partial charge in [-0.15, -0.1) is 0 Å². The van der Waals surface area contributed by atoms with Gasteiger partial charge in [-0.3, -0.25) is 0 Å². The normalized spacial score (nSPS) is 12.6. The molecule has 32 heavy (non-hydrogen) atoms. The molecule has 1 amide bonds. The second kappa shape index (κ2) is 9.92. The number of hydrogen-bond donors (Lipinski definition) is 1. The summed E-state index contributed by atoms with van der Waals surface area (Å²) in [6.45, 7) is 1.78. The lowest BCUT2D eigenvalue weighted by molar-refractivity contribution is -0.142. The Morgan fingerprint density at radius 3 is 2.09 bits per heavy atom. The van der Waals surface area contributed by atoms with Gasteiger partial charge in [-0.1, -0.05) is 90.9 Å². The molecule has 0 atom stereocenters. The third kappa shape index (κ3) is 4.70. The van der Waals surface area contributed by atoms with Crippen molar-refractivity contribution < 1.29 is 19.2 Å². The number of nitrogens with zero attached hydrogens (tertiary/aromatic N) is 1. The minimum absolute atomic E-state index is 0.0392. The number of rotatable bonds is 7. The second-order valence-corrected chi connectivity index (χ2v) is 7.40. The minimum atomic E-state index is -0.674. The molecule has 0 heterocycles. The molecule has 0 saturated carbocycles. The Kier molecular flexibility index (Phi) is 6.60. The van der Waals surface area contributed by atoms with Crippen molar-refractivity contribution in [3.05, 3.63) is 95.6 Å². The number of amides is 1. The zero-order chi connectivity index (χ0) is 22.3. The Bertz CT molecular complexity index is 1100. The van der Waals surface area contributed by atoms with Crippen LogP contribution < -0.4 is 5.32 Å². The van der Waals surface area contributed by atoms with Crippen LogP contribution in [0.2, 0.25) is 0 Å². The molecule has 1 aliphatic rings. The van der Waals surface area contributed by atoms with Crippen molar-refractivity contribution in [2.24, 2.45) is 5.16 Å². The quantitative estimate of drug-likeness (QED) is 0.330. The van der Waals surface area contributed by atoms with Gasteiger partial charge in [0.25, 0.3) is 0 Å². The average Bonchev–Trinajstić information content (AvgIpc) is 3.16. The molecule has 4 rings (SSSR count). The predicted molar refractivity (Wildman–Crippen MR) is 122 cm³/mol. The molecule has 0 aliphatic heterocycles. The van der Waals surface area contributed by atoms with E-state index < -0.39 is 12.1 Å². The first-order valence-electron chi connectivity index (χ1n) is 10.6. The summed E-state index contributed by atoms with van der Waals surface area (Å²) in [4.78, 5) is 29.1. The molecule has 0 spiro atoms. The van der Waals surface area contributed by atoms with E-state index in [1.165, 1.54) is 0 Å². The van der Waals surface area contributed by atoms with Gasteiger partial charge in [0, 0.05) is 5.92 Å². The van der Waals surface area contributed by atoms with Crippen molar-refractivity contribution in [2.45, 2.75) is 19.3 Å². The van der Waals surface area contributed by atoms with Crippen LogP contribution in [0.1, 0.15) is 36.0 Å². The van der Waals surface area contributed by atoms with Crippen molar-refractivity contribution in [3.8, 4) is 11.1 Å². The largest absolute Gasteiger partial charge is 0.449 e. The fourth-order valence-corrected chi connectivity index (χ4v) is 3.88. The van der Waals surface area contributed by atoms with E-state index in [0.717, 1.165) is 27.8 Å². The van der Waals surface area contributed by atoms with Crippen LogP contribution in [-0.2, 0) is 14.4 Å². The van der Waals surface area contributed by atoms with Gasteiger partial charge in [0.05, 0.1) is 5.71 Å². The van der Waals surface area contributed by atoms with Crippen molar-refractivity contribution >= 4 is 17.8 Å². The summed E-state index contributed by atoms with van der Waals surface area (Å²) in [7, 11) is 0. The van der Waals surface area contributed by atoms with Crippen LogP contribution in [0, 0.1) is 0 Å². The number of nitrogens with one attached hydrogen (secondary N) is 1. The number of fused-ring (bicyclic) bond motifs is 3. The highest BCUT2D eigenvalue weighted by molar-refractivity contribution is 6.00. The summed E-state index contributed by atoms with van der Waals surface area (Å²) in [5.74, 6) is -0.705. The number of ether oxygens (including phenoxy) is 1. The lowest BCUT2D eigenvalue weighted by Crippen LogP contribution is -2.31. The summed E-state index contributed by atoms with van der Waals surface area (Å²) in [6.07, 6.45) is -0.0662. The van der Waals surface area contributed by atoms with Gasteiger partial charge in [0.2, 0.25) is 0 Å². The summed E-state index contributed by atoms with van der Waals surface area (Å²) in [5.41, 5.74) is 6.10. The molecular formula is C26H24N2O4. The van der Waals surface area contributed by atoms with Crippen molar-refractivity contribution in [3.63, 3.8) is 0 Å². The Hall–Kier alpha value is -3.93. The maximum atomic E-state index is 12.2. The number of alkyl carbamates (subject to hydrolysis) is 1. The maximum Gasteiger partial charge on any atom is 0.407 e. The van der Waals surface area contributed by atoms with Gasteiger partial charge in [0.15, 0.2) is 0 Å². The van der Waals surface area contributed by atoms with Crippen LogP contribution in [0.5, 0.6) is 0 Å². The maximum absolute atomic E-state index is 12.2.